The number of nitrogens with zero attached hydrogens (tertiary/aromatic N) is 4. The highest BCUT2D eigenvalue weighted by Crippen LogP contribution is 2.21. The highest BCUT2D eigenvalue weighted by molar-refractivity contribution is 6.04. The summed E-state index contributed by atoms with van der Waals surface area (Å²) in [5.74, 6) is 1.32. The molecule has 0 spiro atoms. The molecule has 3 heterocycles. The molecule has 29 heavy (non-hydrogen) atoms. The van der Waals surface area contributed by atoms with Gasteiger partial charge >= 0.3 is 0 Å². The van der Waals surface area contributed by atoms with Crippen LogP contribution in [0.15, 0.2) is 59.6 Å². The number of piperazine rings is 1. The fourth-order valence-corrected chi connectivity index (χ4v) is 3.24. The zero-order valence-electron chi connectivity index (χ0n) is 17.3. The van der Waals surface area contributed by atoms with Crippen LogP contribution in [-0.2, 0) is 4.79 Å². The van der Waals surface area contributed by atoms with Crippen LogP contribution in [0.25, 0.3) is 0 Å². The number of amides is 1. The number of amidine groups is 1. The molecule has 0 aromatic carbocycles. The number of carbonyl (C=O) groups excluding carboxylic acids is 1. The Morgan fingerprint density at radius 1 is 1.38 bits per heavy atom. The third-order valence-electron chi connectivity index (χ3n) is 4.83. The van der Waals surface area contributed by atoms with Gasteiger partial charge in [-0.25, -0.2) is 9.98 Å². The van der Waals surface area contributed by atoms with Crippen LogP contribution in [0.2, 0.25) is 0 Å². The van der Waals surface area contributed by atoms with Crippen LogP contribution in [0.5, 0.6) is 0 Å². The highest BCUT2D eigenvalue weighted by Gasteiger charge is 2.23. The second kappa shape index (κ2) is 9.38. The molecule has 1 aromatic heterocycles. The Labute approximate surface area is 172 Å². The number of hydrogen-bond acceptors (Lipinski definition) is 6. The molecule has 0 saturated carbocycles. The molecule has 1 saturated heterocycles. The number of likely N-dealkylation sites (N-methyl/N-ethyl adjacent to an activating group) is 1. The average molecular weight is 396 g/mol. The molecule has 1 atom stereocenters. The van der Waals surface area contributed by atoms with Gasteiger partial charge in [0, 0.05) is 64.2 Å². The van der Waals surface area contributed by atoms with Crippen LogP contribution < -0.4 is 20.9 Å². The van der Waals surface area contributed by atoms with E-state index in [2.05, 4.69) is 43.5 Å². The zero-order valence-corrected chi connectivity index (χ0v) is 17.3. The van der Waals surface area contributed by atoms with Crippen molar-refractivity contribution in [2.75, 3.05) is 50.5 Å². The molecule has 154 valence electrons. The maximum absolute atomic E-state index is 12.2. The normalized spacial score (nSPS) is 20.9. The lowest BCUT2D eigenvalue weighted by Gasteiger charge is -2.29. The molecule has 1 amide bonds. The van der Waals surface area contributed by atoms with Gasteiger partial charge in [-0.15, -0.1) is 0 Å². The number of anilines is 2. The Hall–Kier alpha value is -3.13. The Balaban J connectivity index is 1.69. The second-order valence-corrected chi connectivity index (χ2v) is 7.25. The Kier molecular flexibility index (Phi) is 6.66. The van der Waals surface area contributed by atoms with E-state index in [-0.39, 0.29) is 11.8 Å². The molecular weight excluding hydrogens is 366 g/mol. The van der Waals surface area contributed by atoms with Gasteiger partial charge in [-0.2, -0.15) is 0 Å². The molecule has 1 fully saturated rings. The summed E-state index contributed by atoms with van der Waals surface area (Å²) in [6, 6.07) is 4.00. The number of pyridine rings is 1. The molecule has 1 unspecified atom stereocenters. The Bertz CT molecular complexity index is 833. The van der Waals surface area contributed by atoms with E-state index in [0.29, 0.717) is 17.4 Å². The molecule has 2 aliphatic heterocycles. The summed E-state index contributed by atoms with van der Waals surface area (Å²) in [7, 11) is 3.47. The third-order valence-corrected chi connectivity index (χ3v) is 4.83. The first-order valence-electron chi connectivity index (χ1n) is 9.77. The molecule has 3 N–H and O–H groups in total. The fraction of sp³-hybridized carbons (Fsp3) is 0.381. The number of carbonyl (C=O) groups is 1. The lowest BCUT2D eigenvalue weighted by molar-refractivity contribution is -0.125. The molecule has 3 rings (SSSR count). The Morgan fingerprint density at radius 2 is 2.14 bits per heavy atom. The van der Waals surface area contributed by atoms with Gasteiger partial charge in [0.05, 0.1) is 11.9 Å². The monoisotopic (exact) mass is 395 g/mol. The topological polar surface area (TPSA) is 84.9 Å². The molecule has 8 nitrogen and oxygen atoms in total. The summed E-state index contributed by atoms with van der Waals surface area (Å²) in [5, 5.41) is 9.77. The summed E-state index contributed by atoms with van der Waals surface area (Å²) in [6.07, 6.45) is 7.15. The van der Waals surface area contributed by atoms with Crippen LogP contribution in [-0.4, -0.2) is 61.9 Å². The number of nitrogens with one attached hydrogen (secondary N) is 3. The summed E-state index contributed by atoms with van der Waals surface area (Å²) < 4.78 is 0. The average Bonchev–Trinajstić information content (AvgIpc) is 3.09. The van der Waals surface area contributed by atoms with E-state index in [1.807, 2.05) is 31.3 Å². The minimum absolute atomic E-state index is 0.0550. The highest BCUT2D eigenvalue weighted by atomic mass is 16.2. The number of aromatic nitrogens is 1. The molecule has 0 radical (unpaired) electrons. The lowest BCUT2D eigenvalue weighted by atomic mass is 10.1. The van der Waals surface area contributed by atoms with Crippen LogP contribution in [0, 0.1) is 5.92 Å². The number of aliphatic imine (C=N–C) groups is 1. The number of allylic oxidation sites excluding steroid dienone is 1. The first kappa shape index (κ1) is 20.6. The van der Waals surface area contributed by atoms with Crippen molar-refractivity contribution in [2.24, 2.45) is 10.9 Å². The van der Waals surface area contributed by atoms with Gasteiger partial charge in [0.1, 0.15) is 17.4 Å². The van der Waals surface area contributed by atoms with E-state index >= 15 is 0 Å². The SMILES string of the molecule is C=CN=C(/C=C1/NC(C(=O)N(C)C)=CC1C)Nc1ccc(N2CCNCC2)cn1. The van der Waals surface area contributed by atoms with E-state index in [9.17, 15) is 4.79 Å². The van der Waals surface area contributed by atoms with Crippen molar-refractivity contribution in [1.29, 1.82) is 0 Å². The van der Waals surface area contributed by atoms with Gasteiger partial charge in [0.2, 0.25) is 0 Å². The summed E-state index contributed by atoms with van der Waals surface area (Å²) >= 11 is 0. The smallest absolute Gasteiger partial charge is 0.269 e. The fourth-order valence-electron chi connectivity index (χ4n) is 3.24. The molecule has 0 aliphatic carbocycles. The summed E-state index contributed by atoms with van der Waals surface area (Å²) in [5.41, 5.74) is 2.57. The van der Waals surface area contributed by atoms with E-state index < -0.39 is 0 Å². The van der Waals surface area contributed by atoms with Crippen LogP contribution in [0.1, 0.15) is 6.92 Å². The van der Waals surface area contributed by atoms with Crippen molar-refractivity contribution < 1.29 is 4.79 Å². The lowest BCUT2D eigenvalue weighted by Crippen LogP contribution is -2.43. The van der Waals surface area contributed by atoms with Gasteiger partial charge in [-0.1, -0.05) is 13.5 Å². The first-order valence-corrected chi connectivity index (χ1v) is 9.77. The minimum Gasteiger partial charge on any atom is -0.368 e. The summed E-state index contributed by atoms with van der Waals surface area (Å²) in [6.45, 7) is 9.66. The maximum atomic E-state index is 12.2. The van der Waals surface area contributed by atoms with Gasteiger partial charge in [0.15, 0.2) is 0 Å². The van der Waals surface area contributed by atoms with Gasteiger partial charge < -0.3 is 25.8 Å². The molecular formula is C21H29N7O. The largest absolute Gasteiger partial charge is 0.368 e. The van der Waals surface area contributed by atoms with Crippen molar-refractivity contribution in [2.45, 2.75) is 6.92 Å². The second-order valence-electron chi connectivity index (χ2n) is 7.25. The summed E-state index contributed by atoms with van der Waals surface area (Å²) in [4.78, 5) is 24.9. The maximum Gasteiger partial charge on any atom is 0.269 e. The zero-order chi connectivity index (χ0) is 20.8. The van der Waals surface area contributed by atoms with E-state index in [4.69, 9.17) is 0 Å². The van der Waals surface area contributed by atoms with Crippen molar-refractivity contribution in [3.8, 4) is 0 Å². The number of rotatable bonds is 5. The van der Waals surface area contributed by atoms with Crippen LogP contribution in [0.3, 0.4) is 0 Å². The minimum atomic E-state index is -0.0550. The predicted molar refractivity (Wildman–Crippen MR) is 118 cm³/mol. The first-order chi connectivity index (χ1) is 14.0. The Morgan fingerprint density at radius 3 is 2.76 bits per heavy atom. The molecule has 2 aliphatic rings. The van der Waals surface area contributed by atoms with Gasteiger partial charge in [-0.3, -0.25) is 4.79 Å². The molecule has 8 heteroatoms. The van der Waals surface area contributed by atoms with Crippen molar-refractivity contribution in [3.05, 3.63) is 54.7 Å². The van der Waals surface area contributed by atoms with Crippen LogP contribution >= 0.6 is 0 Å². The van der Waals surface area contributed by atoms with E-state index in [1.54, 1.807) is 19.0 Å². The standard InChI is InChI=1S/C21H29N7O/c1-5-23-20(13-17-15(2)12-18(25-17)21(29)27(3)4)26-19-7-6-16(14-24-19)28-10-8-22-9-11-28/h5-7,12-15,22,25H,1,8-11H2,2-4H3,(H,23,24,26)/b17-13+. The van der Waals surface area contributed by atoms with Gasteiger partial charge in [-0.05, 0) is 18.2 Å². The molecule has 1 aromatic rings. The number of hydrogen-bond donors (Lipinski definition) is 3. The molecule has 0 bridgehead atoms. The van der Waals surface area contributed by atoms with Crippen LogP contribution in [0.4, 0.5) is 11.5 Å². The quantitative estimate of drug-likeness (QED) is 0.518. The van der Waals surface area contributed by atoms with Gasteiger partial charge in [0.25, 0.3) is 5.91 Å². The van der Waals surface area contributed by atoms with Crippen molar-refractivity contribution >= 4 is 23.2 Å². The van der Waals surface area contributed by atoms with Crippen molar-refractivity contribution in [3.63, 3.8) is 0 Å². The van der Waals surface area contributed by atoms with E-state index in [0.717, 1.165) is 37.6 Å². The van der Waals surface area contributed by atoms with Crippen molar-refractivity contribution in [1.82, 2.24) is 20.5 Å². The third kappa shape index (κ3) is 5.23. The van der Waals surface area contributed by atoms with E-state index in [1.165, 1.54) is 6.20 Å². The predicted octanol–water partition coefficient (Wildman–Crippen LogP) is 1.54.